The molecule has 0 aliphatic carbocycles. The zero-order valence-electron chi connectivity index (χ0n) is 9.36. The maximum atomic E-state index is 10.3. The third kappa shape index (κ3) is 2.83. The van der Waals surface area contributed by atoms with E-state index in [0.29, 0.717) is 11.8 Å². The van der Waals surface area contributed by atoms with E-state index in [1.54, 1.807) is 0 Å². The summed E-state index contributed by atoms with van der Waals surface area (Å²) in [5, 5.41) is 6.18. The first-order chi connectivity index (χ1) is 7.90. The fraction of sp³-hybridized carbons (Fsp3) is 0.462. The van der Waals surface area contributed by atoms with Gasteiger partial charge in [-0.05, 0) is 36.9 Å². The normalized spacial score (nSPS) is 24.2. The van der Waals surface area contributed by atoms with E-state index in [-0.39, 0.29) is 0 Å². The molecule has 0 bridgehead atoms. The Kier molecular flexibility index (Phi) is 3.94. The molecule has 1 aromatic carbocycles. The largest absolute Gasteiger partial charge is 0.358 e. The standard InChI is InChI=1S/C13H18N2O/c16-10-15-9-13-8-14-7-12(13)6-11-4-2-1-3-5-11/h1-5,10,12-14H,6-9H2,(H,15,16)/t12-,13+/m1/s1. The summed E-state index contributed by atoms with van der Waals surface area (Å²) in [4.78, 5) is 10.3. The molecule has 2 rings (SSSR count). The van der Waals surface area contributed by atoms with Crippen molar-refractivity contribution in [1.82, 2.24) is 10.6 Å². The molecule has 0 radical (unpaired) electrons. The molecule has 0 unspecified atom stereocenters. The average molecular weight is 218 g/mol. The van der Waals surface area contributed by atoms with Gasteiger partial charge >= 0.3 is 0 Å². The van der Waals surface area contributed by atoms with Crippen LogP contribution in [0.4, 0.5) is 0 Å². The molecule has 0 aromatic heterocycles. The highest BCUT2D eigenvalue weighted by Crippen LogP contribution is 2.20. The summed E-state index contributed by atoms with van der Waals surface area (Å²) in [6.45, 7) is 2.85. The molecule has 1 aromatic rings. The minimum atomic E-state index is 0.561. The van der Waals surface area contributed by atoms with Crippen molar-refractivity contribution in [1.29, 1.82) is 0 Å². The van der Waals surface area contributed by atoms with Crippen LogP contribution in [-0.4, -0.2) is 26.0 Å². The Balaban J connectivity index is 1.90. The molecule has 0 saturated carbocycles. The first-order valence-corrected chi connectivity index (χ1v) is 5.82. The van der Waals surface area contributed by atoms with E-state index in [2.05, 4.69) is 34.9 Å². The second-order valence-corrected chi connectivity index (χ2v) is 4.39. The zero-order valence-corrected chi connectivity index (χ0v) is 9.36. The minimum Gasteiger partial charge on any atom is -0.358 e. The topological polar surface area (TPSA) is 41.1 Å². The van der Waals surface area contributed by atoms with Gasteiger partial charge in [-0.3, -0.25) is 4.79 Å². The first kappa shape index (κ1) is 11.1. The minimum absolute atomic E-state index is 0.561. The second kappa shape index (κ2) is 5.66. The number of hydrogen-bond acceptors (Lipinski definition) is 2. The van der Waals surface area contributed by atoms with Crippen molar-refractivity contribution in [3.05, 3.63) is 35.9 Å². The van der Waals surface area contributed by atoms with Gasteiger partial charge in [-0.25, -0.2) is 0 Å². The number of carbonyl (C=O) groups is 1. The number of benzene rings is 1. The molecule has 16 heavy (non-hydrogen) atoms. The number of carbonyl (C=O) groups excluding carboxylic acids is 1. The van der Waals surface area contributed by atoms with E-state index in [1.807, 2.05) is 6.07 Å². The van der Waals surface area contributed by atoms with Crippen LogP contribution in [0.3, 0.4) is 0 Å². The fourth-order valence-electron chi connectivity index (χ4n) is 2.38. The quantitative estimate of drug-likeness (QED) is 0.718. The highest BCUT2D eigenvalue weighted by molar-refractivity contribution is 5.45. The number of rotatable bonds is 5. The molecular weight excluding hydrogens is 200 g/mol. The van der Waals surface area contributed by atoms with Crippen LogP contribution in [0.1, 0.15) is 5.56 Å². The molecular formula is C13H18N2O. The Morgan fingerprint density at radius 3 is 2.75 bits per heavy atom. The molecule has 2 N–H and O–H groups in total. The van der Waals surface area contributed by atoms with Crippen molar-refractivity contribution in [3.63, 3.8) is 0 Å². The van der Waals surface area contributed by atoms with Gasteiger partial charge in [0.25, 0.3) is 0 Å². The van der Waals surface area contributed by atoms with Gasteiger partial charge in [0.05, 0.1) is 0 Å². The van der Waals surface area contributed by atoms with E-state index in [0.717, 1.165) is 32.5 Å². The van der Waals surface area contributed by atoms with E-state index < -0.39 is 0 Å². The Bertz CT molecular complexity index is 326. The van der Waals surface area contributed by atoms with Crippen LogP contribution in [0, 0.1) is 11.8 Å². The van der Waals surface area contributed by atoms with Gasteiger partial charge in [-0.1, -0.05) is 30.3 Å². The van der Waals surface area contributed by atoms with Crippen LogP contribution in [0.2, 0.25) is 0 Å². The van der Waals surface area contributed by atoms with E-state index >= 15 is 0 Å². The van der Waals surface area contributed by atoms with E-state index in [1.165, 1.54) is 5.56 Å². The molecule has 2 atom stereocenters. The van der Waals surface area contributed by atoms with Crippen LogP contribution >= 0.6 is 0 Å². The highest BCUT2D eigenvalue weighted by atomic mass is 16.1. The monoisotopic (exact) mass is 218 g/mol. The summed E-state index contributed by atoms with van der Waals surface area (Å²) < 4.78 is 0. The molecule has 0 spiro atoms. The lowest BCUT2D eigenvalue weighted by molar-refractivity contribution is -0.109. The first-order valence-electron chi connectivity index (χ1n) is 5.82. The van der Waals surface area contributed by atoms with Gasteiger partial charge in [0.1, 0.15) is 0 Å². The molecule has 1 aliphatic rings. The summed E-state index contributed by atoms with van der Waals surface area (Å²) in [5.41, 5.74) is 1.38. The van der Waals surface area contributed by atoms with Crippen LogP contribution in [0.5, 0.6) is 0 Å². The van der Waals surface area contributed by atoms with Crippen molar-refractivity contribution in [3.8, 4) is 0 Å². The molecule has 1 heterocycles. The van der Waals surface area contributed by atoms with Gasteiger partial charge in [0.15, 0.2) is 0 Å². The molecule has 1 amide bonds. The summed E-state index contributed by atoms with van der Waals surface area (Å²) in [6.07, 6.45) is 1.89. The maximum absolute atomic E-state index is 10.3. The number of hydrogen-bond donors (Lipinski definition) is 2. The van der Waals surface area contributed by atoms with Crippen molar-refractivity contribution in [2.45, 2.75) is 6.42 Å². The van der Waals surface area contributed by atoms with Gasteiger partial charge < -0.3 is 10.6 Å². The third-order valence-corrected chi connectivity index (χ3v) is 3.28. The van der Waals surface area contributed by atoms with Crippen molar-refractivity contribution in [2.24, 2.45) is 11.8 Å². The van der Waals surface area contributed by atoms with Crippen molar-refractivity contribution >= 4 is 6.41 Å². The second-order valence-electron chi connectivity index (χ2n) is 4.39. The van der Waals surface area contributed by atoms with E-state index in [9.17, 15) is 4.79 Å². The van der Waals surface area contributed by atoms with Crippen LogP contribution in [0.25, 0.3) is 0 Å². The molecule has 1 aliphatic heterocycles. The summed E-state index contributed by atoms with van der Waals surface area (Å²) in [6, 6.07) is 10.5. The average Bonchev–Trinajstić information content (AvgIpc) is 2.75. The lowest BCUT2D eigenvalue weighted by Crippen LogP contribution is -2.27. The van der Waals surface area contributed by atoms with Gasteiger partial charge in [-0.2, -0.15) is 0 Å². The van der Waals surface area contributed by atoms with Gasteiger partial charge in [0.2, 0.25) is 6.41 Å². The fourth-order valence-corrected chi connectivity index (χ4v) is 2.38. The maximum Gasteiger partial charge on any atom is 0.207 e. The number of nitrogens with one attached hydrogen (secondary N) is 2. The predicted octanol–water partition coefficient (Wildman–Crippen LogP) is 0.811. The number of amides is 1. The van der Waals surface area contributed by atoms with Gasteiger partial charge in [-0.15, -0.1) is 0 Å². The zero-order chi connectivity index (χ0) is 11.2. The van der Waals surface area contributed by atoms with Crippen molar-refractivity contribution < 1.29 is 4.79 Å². The smallest absolute Gasteiger partial charge is 0.207 e. The predicted molar refractivity (Wildman–Crippen MR) is 64.1 cm³/mol. The summed E-state index contributed by atoms with van der Waals surface area (Å²) >= 11 is 0. The Hall–Kier alpha value is -1.35. The van der Waals surface area contributed by atoms with Crippen molar-refractivity contribution in [2.75, 3.05) is 19.6 Å². The SMILES string of the molecule is O=CNC[C@@H]1CNC[C@H]1Cc1ccccc1. The molecule has 3 nitrogen and oxygen atoms in total. The summed E-state index contributed by atoms with van der Waals surface area (Å²) in [7, 11) is 0. The Morgan fingerprint density at radius 2 is 2.00 bits per heavy atom. The molecule has 86 valence electrons. The van der Waals surface area contributed by atoms with Gasteiger partial charge in [0, 0.05) is 6.54 Å². The third-order valence-electron chi connectivity index (χ3n) is 3.28. The van der Waals surface area contributed by atoms with Crippen LogP contribution in [-0.2, 0) is 11.2 Å². The Labute approximate surface area is 96.2 Å². The molecule has 1 saturated heterocycles. The van der Waals surface area contributed by atoms with Crippen LogP contribution in [0.15, 0.2) is 30.3 Å². The van der Waals surface area contributed by atoms with E-state index in [4.69, 9.17) is 0 Å². The summed E-state index contributed by atoms with van der Waals surface area (Å²) in [5.74, 6) is 1.19. The molecule has 3 heteroatoms. The lowest BCUT2D eigenvalue weighted by atomic mass is 9.90. The molecule has 1 fully saturated rings. The highest BCUT2D eigenvalue weighted by Gasteiger charge is 2.26. The Morgan fingerprint density at radius 1 is 1.25 bits per heavy atom. The lowest BCUT2D eigenvalue weighted by Gasteiger charge is -2.17. The van der Waals surface area contributed by atoms with Crippen LogP contribution < -0.4 is 10.6 Å².